The molecule has 4 aromatic rings. The van der Waals surface area contributed by atoms with Crippen LogP contribution in [-0.2, 0) is 12.6 Å². The lowest BCUT2D eigenvalue weighted by Gasteiger charge is -2.22. The Labute approximate surface area is 387 Å². The summed E-state index contributed by atoms with van der Waals surface area (Å²) in [7, 11) is 0. The summed E-state index contributed by atoms with van der Waals surface area (Å²) < 4.78 is 43.6. The van der Waals surface area contributed by atoms with Crippen molar-refractivity contribution in [1.29, 1.82) is 0 Å². The number of rotatable bonds is 35. The second-order valence-electron chi connectivity index (χ2n) is 17.8. The standard InChI is InChI=1S/C53H80F3IN4O/c1-3-5-7-9-11-17-21-27-38-60(39-28-22-18-12-10-8-6-4-2)40-30-37-58-36-26-20-16-14-13-15-19-23-32-45-41-48(57)51(50-42-44-31-24-25-35-49(44)59-50)61(52(45)62)47-34-29-33-46(43-47)53(54,55)56/h24-25,29,31,33-35,41-43,58-59H,3-23,26-28,30,32,36-40H2,1-2H3. The van der Waals surface area contributed by atoms with E-state index in [9.17, 15) is 18.0 Å². The van der Waals surface area contributed by atoms with Crippen LogP contribution in [-0.4, -0.2) is 47.2 Å². The summed E-state index contributed by atoms with van der Waals surface area (Å²) in [6.45, 7) is 10.6. The second-order valence-corrected chi connectivity index (χ2v) is 19.0. The monoisotopic (exact) mass is 973 g/mol. The van der Waals surface area contributed by atoms with Crippen LogP contribution in [0.5, 0.6) is 0 Å². The Balaban J connectivity index is 1.13. The van der Waals surface area contributed by atoms with E-state index in [1.807, 2.05) is 36.4 Å². The molecular formula is C53H80F3IN4O. The highest BCUT2D eigenvalue weighted by Gasteiger charge is 2.31. The number of unbranched alkanes of at least 4 members (excludes halogenated alkanes) is 21. The Kier molecular flexibility index (Phi) is 25.6. The molecule has 0 saturated carbocycles. The normalized spacial score (nSPS) is 12.0. The van der Waals surface area contributed by atoms with Gasteiger partial charge in [-0.1, -0.05) is 167 Å². The van der Waals surface area contributed by atoms with Crippen LogP contribution in [0.15, 0.2) is 65.5 Å². The summed E-state index contributed by atoms with van der Waals surface area (Å²) in [5.41, 5.74) is 2.00. The molecule has 346 valence electrons. The van der Waals surface area contributed by atoms with E-state index in [-0.39, 0.29) is 11.2 Å². The first-order valence-corrected chi connectivity index (χ1v) is 25.9. The Morgan fingerprint density at radius 3 is 1.74 bits per heavy atom. The number of aryl methyl sites for hydroxylation is 1. The molecule has 0 fully saturated rings. The fourth-order valence-electron chi connectivity index (χ4n) is 8.78. The summed E-state index contributed by atoms with van der Waals surface area (Å²) in [5.74, 6) is 0. The lowest BCUT2D eigenvalue weighted by Crippen LogP contribution is -2.30. The number of para-hydroxylation sites is 1. The molecule has 0 aliphatic heterocycles. The third-order valence-electron chi connectivity index (χ3n) is 12.5. The Hall–Kier alpha value is -2.63. The summed E-state index contributed by atoms with van der Waals surface area (Å²) in [4.78, 5) is 20.3. The topological polar surface area (TPSA) is 53.1 Å². The van der Waals surface area contributed by atoms with Crippen LogP contribution in [0.2, 0.25) is 0 Å². The van der Waals surface area contributed by atoms with Crippen LogP contribution in [0.1, 0.15) is 185 Å². The first kappa shape index (κ1) is 52.0. The minimum atomic E-state index is -4.51. The number of nitrogens with one attached hydrogen (secondary N) is 2. The highest BCUT2D eigenvalue weighted by molar-refractivity contribution is 14.1. The number of fused-ring (bicyclic) bond motifs is 1. The quantitative estimate of drug-likeness (QED) is 0.0357. The number of H-pyrrole nitrogens is 1. The number of pyridine rings is 1. The molecule has 0 amide bonds. The third kappa shape index (κ3) is 19.2. The molecule has 5 nitrogen and oxygen atoms in total. The van der Waals surface area contributed by atoms with Gasteiger partial charge in [-0.2, -0.15) is 13.2 Å². The van der Waals surface area contributed by atoms with Gasteiger partial charge in [0.05, 0.1) is 17.0 Å². The van der Waals surface area contributed by atoms with E-state index >= 15 is 0 Å². The summed E-state index contributed by atoms with van der Waals surface area (Å²) >= 11 is 2.22. The van der Waals surface area contributed by atoms with Gasteiger partial charge in [-0.05, 0) is 130 Å². The number of aromatic amines is 1. The number of benzene rings is 2. The van der Waals surface area contributed by atoms with Crippen molar-refractivity contribution in [2.75, 3.05) is 32.7 Å². The van der Waals surface area contributed by atoms with E-state index in [0.717, 1.165) is 59.0 Å². The van der Waals surface area contributed by atoms with Crippen molar-refractivity contribution in [3.05, 3.63) is 85.7 Å². The molecule has 4 rings (SSSR count). The molecule has 0 radical (unpaired) electrons. The molecule has 2 aromatic heterocycles. The van der Waals surface area contributed by atoms with Crippen LogP contribution in [0.4, 0.5) is 13.2 Å². The Morgan fingerprint density at radius 2 is 1.15 bits per heavy atom. The van der Waals surface area contributed by atoms with Gasteiger partial charge in [-0.25, -0.2) is 0 Å². The Morgan fingerprint density at radius 1 is 0.613 bits per heavy atom. The van der Waals surface area contributed by atoms with E-state index in [4.69, 9.17) is 0 Å². The van der Waals surface area contributed by atoms with Crippen LogP contribution in [0.25, 0.3) is 28.0 Å². The molecule has 2 heterocycles. The molecule has 2 N–H and O–H groups in total. The molecule has 0 saturated heterocycles. The van der Waals surface area contributed by atoms with Crippen LogP contribution < -0.4 is 10.9 Å². The van der Waals surface area contributed by atoms with Gasteiger partial charge in [0.15, 0.2) is 0 Å². The molecule has 0 unspecified atom stereocenters. The number of halogens is 4. The average molecular weight is 973 g/mol. The van der Waals surface area contributed by atoms with Gasteiger partial charge in [-0.3, -0.25) is 9.36 Å². The summed E-state index contributed by atoms with van der Waals surface area (Å²) in [6, 6.07) is 16.8. The molecule has 2 aromatic carbocycles. The Bertz CT molecular complexity index is 1800. The molecule has 0 aliphatic carbocycles. The fraction of sp³-hybridized carbons (Fsp3) is 0.642. The van der Waals surface area contributed by atoms with E-state index in [1.54, 1.807) is 6.07 Å². The van der Waals surface area contributed by atoms with Crippen molar-refractivity contribution in [2.45, 2.75) is 187 Å². The van der Waals surface area contributed by atoms with Crippen molar-refractivity contribution in [2.24, 2.45) is 0 Å². The van der Waals surface area contributed by atoms with Crippen molar-refractivity contribution in [3.63, 3.8) is 0 Å². The smallest absolute Gasteiger partial charge is 0.353 e. The lowest BCUT2D eigenvalue weighted by molar-refractivity contribution is -0.137. The van der Waals surface area contributed by atoms with E-state index in [2.05, 4.69) is 51.6 Å². The number of hydrogen-bond acceptors (Lipinski definition) is 3. The number of nitrogens with zero attached hydrogens (tertiary/aromatic N) is 2. The predicted octanol–water partition coefficient (Wildman–Crippen LogP) is 15.8. The first-order valence-electron chi connectivity index (χ1n) is 24.9. The number of hydrogen-bond donors (Lipinski definition) is 2. The summed E-state index contributed by atoms with van der Waals surface area (Å²) in [6.07, 6.45) is 28.7. The van der Waals surface area contributed by atoms with Crippen molar-refractivity contribution < 1.29 is 13.2 Å². The van der Waals surface area contributed by atoms with E-state index in [0.29, 0.717) is 23.4 Å². The molecule has 9 heteroatoms. The zero-order valence-corrected chi connectivity index (χ0v) is 40.7. The van der Waals surface area contributed by atoms with Crippen molar-refractivity contribution in [3.8, 4) is 17.1 Å². The zero-order valence-electron chi connectivity index (χ0n) is 38.5. The van der Waals surface area contributed by atoms with Gasteiger partial charge in [0.2, 0.25) is 0 Å². The van der Waals surface area contributed by atoms with E-state index in [1.165, 1.54) is 172 Å². The minimum absolute atomic E-state index is 0.216. The maximum absolute atomic E-state index is 14.1. The van der Waals surface area contributed by atoms with Gasteiger partial charge < -0.3 is 15.2 Å². The summed E-state index contributed by atoms with van der Waals surface area (Å²) in [5, 5.41) is 4.70. The van der Waals surface area contributed by atoms with Gasteiger partial charge in [0.25, 0.3) is 5.56 Å². The first-order chi connectivity index (χ1) is 30.2. The lowest BCUT2D eigenvalue weighted by atomic mass is 10.0. The highest BCUT2D eigenvalue weighted by atomic mass is 127. The maximum atomic E-state index is 14.1. The number of alkyl halides is 3. The van der Waals surface area contributed by atoms with Crippen LogP contribution in [0, 0.1) is 3.57 Å². The predicted molar refractivity (Wildman–Crippen MR) is 267 cm³/mol. The van der Waals surface area contributed by atoms with Crippen LogP contribution in [0.3, 0.4) is 0 Å². The third-order valence-corrected chi connectivity index (χ3v) is 13.3. The molecule has 0 bridgehead atoms. The van der Waals surface area contributed by atoms with Crippen LogP contribution >= 0.6 is 22.6 Å². The maximum Gasteiger partial charge on any atom is 0.416 e. The van der Waals surface area contributed by atoms with Gasteiger partial charge in [0.1, 0.15) is 0 Å². The second kappa shape index (κ2) is 30.5. The molecule has 0 atom stereocenters. The average Bonchev–Trinajstić information content (AvgIpc) is 3.70. The zero-order chi connectivity index (χ0) is 44.3. The minimum Gasteiger partial charge on any atom is -0.353 e. The van der Waals surface area contributed by atoms with Gasteiger partial charge in [0, 0.05) is 25.7 Å². The molecule has 0 spiro atoms. The van der Waals surface area contributed by atoms with Crippen molar-refractivity contribution >= 4 is 33.5 Å². The molecule has 0 aliphatic rings. The molecular weight excluding hydrogens is 893 g/mol. The van der Waals surface area contributed by atoms with Gasteiger partial charge >= 0.3 is 6.18 Å². The van der Waals surface area contributed by atoms with Crippen molar-refractivity contribution in [1.82, 2.24) is 19.8 Å². The fourth-order valence-corrected chi connectivity index (χ4v) is 9.69. The SMILES string of the molecule is CCCCCCCCCCN(CCCCCCCCCC)CCCNCCCCCCCCCCc1cc(I)c(-c2cc3ccccc3[nH]2)n(-c2cccc(C(F)(F)F)c2)c1=O. The number of aromatic nitrogens is 2. The largest absolute Gasteiger partial charge is 0.416 e. The van der Waals surface area contributed by atoms with Gasteiger partial charge in [-0.15, -0.1) is 0 Å². The van der Waals surface area contributed by atoms with E-state index < -0.39 is 11.7 Å². The highest BCUT2D eigenvalue weighted by Crippen LogP contribution is 2.33. The molecule has 62 heavy (non-hydrogen) atoms.